The van der Waals surface area contributed by atoms with Gasteiger partial charge in [0.05, 0.1) is 12.5 Å². The lowest BCUT2D eigenvalue weighted by Crippen LogP contribution is -2.48. The minimum absolute atomic E-state index is 0.0164. The van der Waals surface area contributed by atoms with Gasteiger partial charge in [-0.2, -0.15) is 0 Å². The van der Waals surface area contributed by atoms with Crippen LogP contribution in [-0.4, -0.2) is 115 Å². The molecule has 0 aliphatic carbocycles. The highest BCUT2D eigenvalue weighted by atomic mass is 16.5. The zero-order valence-electron chi connectivity index (χ0n) is 18.1. The zero-order valence-corrected chi connectivity index (χ0v) is 18.1. The number of ether oxygens (including phenoxy) is 1. The van der Waals surface area contributed by atoms with Crippen molar-refractivity contribution in [2.75, 3.05) is 59.0 Å². The summed E-state index contributed by atoms with van der Waals surface area (Å²) in [6.07, 6.45) is 5.15. The van der Waals surface area contributed by atoms with Gasteiger partial charge in [-0.3, -0.25) is 29.0 Å². The molecule has 2 amide bonds. The van der Waals surface area contributed by atoms with Crippen LogP contribution in [0.25, 0.3) is 0 Å². The third-order valence-corrected chi connectivity index (χ3v) is 5.78. The average molecular weight is 445 g/mol. The molecule has 0 aromatic carbocycles. The maximum atomic E-state index is 13.0. The van der Waals surface area contributed by atoms with Crippen LogP contribution in [0.5, 0.6) is 0 Å². The van der Waals surface area contributed by atoms with Gasteiger partial charge in [0.15, 0.2) is 0 Å². The van der Waals surface area contributed by atoms with Crippen molar-refractivity contribution in [1.82, 2.24) is 14.7 Å². The number of nitrogens with two attached hydrogens (primary N) is 1. The molecule has 0 aromatic rings. The van der Waals surface area contributed by atoms with Gasteiger partial charge >= 0.3 is 0 Å². The Hall–Kier alpha value is -2.24. The molecule has 1 unspecified atom stereocenters. The molecule has 11 nitrogen and oxygen atoms in total. The number of hydrogen-bond donors (Lipinski definition) is 3. The molecule has 3 aliphatic rings. The van der Waals surface area contributed by atoms with Crippen molar-refractivity contribution in [3.05, 3.63) is 0 Å². The van der Waals surface area contributed by atoms with Crippen LogP contribution in [0.15, 0.2) is 0 Å². The number of likely N-dealkylation sites (tertiary alicyclic amines) is 1. The van der Waals surface area contributed by atoms with Crippen LogP contribution >= 0.6 is 0 Å². The lowest BCUT2D eigenvalue weighted by molar-refractivity contribution is -0.138. The standard InChI is InChI=1S/C18H32N4O3.2CH2O2/c19-17(23)14-20-6-1-3-15(13-20)18(24)22-8-2-7-21(9-10-22)16-4-11-25-12-5-16;2*2-1-3/h15-16H,1-14H2,(H2,19,23);2*1H,(H,2,3). The van der Waals surface area contributed by atoms with Crippen LogP contribution in [0.3, 0.4) is 0 Å². The first-order chi connectivity index (χ1) is 15.0. The molecule has 0 saturated carbocycles. The van der Waals surface area contributed by atoms with E-state index in [1.165, 1.54) is 0 Å². The van der Waals surface area contributed by atoms with E-state index in [-0.39, 0.29) is 37.2 Å². The molecular weight excluding hydrogens is 408 g/mol. The Morgan fingerprint density at radius 1 is 0.935 bits per heavy atom. The second-order valence-corrected chi connectivity index (χ2v) is 7.81. The Morgan fingerprint density at radius 2 is 1.58 bits per heavy atom. The van der Waals surface area contributed by atoms with E-state index in [2.05, 4.69) is 9.80 Å². The molecule has 11 heteroatoms. The third kappa shape index (κ3) is 10.1. The van der Waals surface area contributed by atoms with E-state index in [1.54, 1.807) is 0 Å². The average Bonchev–Trinajstić information content (AvgIpc) is 3.01. The van der Waals surface area contributed by atoms with Crippen LogP contribution in [0, 0.1) is 5.92 Å². The minimum Gasteiger partial charge on any atom is -0.483 e. The molecule has 0 aromatic heterocycles. The van der Waals surface area contributed by atoms with Crippen LogP contribution in [-0.2, 0) is 23.9 Å². The molecule has 0 radical (unpaired) electrons. The second kappa shape index (κ2) is 15.5. The van der Waals surface area contributed by atoms with Crippen molar-refractivity contribution in [3.63, 3.8) is 0 Å². The first-order valence-electron chi connectivity index (χ1n) is 10.7. The van der Waals surface area contributed by atoms with Crippen LogP contribution in [0.1, 0.15) is 32.1 Å². The summed E-state index contributed by atoms with van der Waals surface area (Å²) in [6, 6.07) is 0.615. The highest BCUT2D eigenvalue weighted by molar-refractivity contribution is 5.79. The molecule has 4 N–H and O–H groups in total. The SMILES string of the molecule is NC(=O)CN1CCCC(C(=O)N2CCCN(C3CCOCC3)CC2)C1.O=CO.O=CO. The summed E-state index contributed by atoms with van der Waals surface area (Å²) < 4.78 is 5.47. The number of nitrogens with zero attached hydrogens (tertiary/aromatic N) is 3. The monoisotopic (exact) mass is 444 g/mol. The van der Waals surface area contributed by atoms with Gasteiger partial charge in [0, 0.05) is 52.0 Å². The number of amides is 2. The van der Waals surface area contributed by atoms with Gasteiger partial charge in [-0.1, -0.05) is 0 Å². The molecule has 3 aliphatic heterocycles. The van der Waals surface area contributed by atoms with Gasteiger partial charge in [0.1, 0.15) is 0 Å². The van der Waals surface area contributed by atoms with Crippen LogP contribution in [0.2, 0.25) is 0 Å². The van der Waals surface area contributed by atoms with Gasteiger partial charge < -0.3 is 25.6 Å². The number of rotatable bonds is 4. The van der Waals surface area contributed by atoms with E-state index in [0.29, 0.717) is 12.6 Å². The zero-order chi connectivity index (χ0) is 23.1. The summed E-state index contributed by atoms with van der Waals surface area (Å²) in [6.45, 7) is 6.74. The van der Waals surface area contributed by atoms with E-state index in [0.717, 1.165) is 78.0 Å². The lowest BCUT2D eigenvalue weighted by Gasteiger charge is -2.35. The van der Waals surface area contributed by atoms with Crippen molar-refractivity contribution in [3.8, 4) is 0 Å². The molecule has 3 fully saturated rings. The van der Waals surface area contributed by atoms with Crippen molar-refractivity contribution in [1.29, 1.82) is 0 Å². The number of hydrogen-bond acceptors (Lipinski definition) is 7. The summed E-state index contributed by atoms with van der Waals surface area (Å²) in [4.78, 5) is 47.5. The van der Waals surface area contributed by atoms with E-state index >= 15 is 0 Å². The van der Waals surface area contributed by atoms with Crippen molar-refractivity contribution in [2.24, 2.45) is 11.7 Å². The van der Waals surface area contributed by atoms with E-state index in [1.807, 2.05) is 4.90 Å². The fraction of sp³-hybridized carbons (Fsp3) is 0.800. The maximum absolute atomic E-state index is 13.0. The molecule has 0 bridgehead atoms. The van der Waals surface area contributed by atoms with E-state index in [9.17, 15) is 9.59 Å². The molecule has 178 valence electrons. The highest BCUT2D eigenvalue weighted by Gasteiger charge is 2.31. The highest BCUT2D eigenvalue weighted by Crippen LogP contribution is 2.21. The Bertz CT molecular complexity index is 552. The molecule has 0 spiro atoms. The number of carbonyl (C=O) groups is 4. The number of piperidine rings is 1. The van der Waals surface area contributed by atoms with Gasteiger partial charge in [0.25, 0.3) is 12.9 Å². The second-order valence-electron chi connectivity index (χ2n) is 7.81. The smallest absolute Gasteiger partial charge is 0.290 e. The first kappa shape index (κ1) is 26.8. The third-order valence-electron chi connectivity index (χ3n) is 5.78. The summed E-state index contributed by atoms with van der Waals surface area (Å²) in [5, 5.41) is 13.8. The number of carbonyl (C=O) groups excluding carboxylic acids is 2. The molecule has 3 rings (SSSR count). The van der Waals surface area contributed by atoms with Gasteiger partial charge in [0.2, 0.25) is 11.8 Å². The van der Waals surface area contributed by atoms with E-state index in [4.69, 9.17) is 30.3 Å². The van der Waals surface area contributed by atoms with Crippen LogP contribution < -0.4 is 5.73 Å². The summed E-state index contributed by atoms with van der Waals surface area (Å²) >= 11 is 0. The number of carboxylic acid groups (broad SMARTS) is 2. The fourth-order valence-electron chi connectivity index (χ4n) is 4.45. The molecule has 31 heavy (non-hydrogen) atoms. The van der Waals surface area contributed by atoms with Crippen molar-refractivity contribution in [2.45, 2.75) is 38.1 Å². The molecule has 3 saturated heterocycles. The predicted octanol–water partition coefficient (Wildman–Crippen LogP) is -0.701. The Morgan fingerprint density at radius 3 is 2.19 bits per heavy atom. The largest absolute Gasteiger partial charge is 0.483 e. The summed E-state index contributed by atoms with van der Waals surface area (Å²) in [5.74, 6) is -0.0271. The predicted molar refractivity (Wildman–Crippen MR) is 112 cm³/mol. The normalized spacial score (nSPS) is 23.2. The Labute approximate surface area is 183 Å². The number of primary amides is 1. The molecular formula is C20H36N4O7. The quantitative estimate of drug-likeness (QED) is 0.478. The fourth-order valence-corrected chi connectivity index (χ4v) is 4.45. The maximum Gasteiger partial charge on any atom is 0.290 e. The Balaban J connectivity index is 0.000000720. The topological polar surface area (TPSA) is 154 Å². The summed E-state index contributed by atoms with van der Waals surface area (Å²) in [5.41, 5.74) is 5.30. The lowest BCUT2D eigenvalue weighted by atomic mass is 9.96. The van der Waals surface area contributed by atoms with Gasteiger partial charge in [-0.15, -0.1) is 0 Å². The van der Waals surface area contributed by atoms with Gasteiger partial charge in [-0.25, -0.2) is 0 Å². The van der Waals surface area contributed by atoms with Crippen LogP contribution in [0.4, 0.5) is 0 Å². The Kier molecular flexibility index (Phi) is 13.4. The summed E-state index contributed by atoms with van der Waals surface area (Å²) in [7, 11) is 0. The van der Waals surface area contributed by atoms with Gasteiger partial charge in [-0.05, 0) is 38.6 Å². The van der Waals surface area contributed by atoms with E-state index < -0.39 is 0 Å². The minimum atomic E-state index is -0.310. The first-order valence-corrected chi connectivity index (χ1v) is 10.7. The molecule has 3 heterocycles. The van der Waals surface area contributed by atoms with Crippen molar-refractivity contribution >= 4 is 24.8 Å². The molecule has 1 atom stereocenters. The van der Waals surface area contributed by atoms with Crippen molar-refractivity contribution < 1.29 is 34.1 Å².